The molecule has 0 saturated carbocycles. The van der Waals surface area contributed by atoms with Crippen LogP contribution in [0.25, 0.3) is 0 Å². The van der Waals surface area contributed by atoms with E-state index < -0.39 is 0 Å². The summed E-state index contributed by atoms with van der Waals surface area (Å²) in [6.45, 7) is 2.31. The Morgan fingerprint density at radius 1 is 1.40 bits per heavy atom. The van der Waals surface area contributed by atoms with E-state index in [1.807, 2.05) is 18.2 Å². The predicted molar refractivity (Wildman–Crippen MR) is 73.6 cm³/mol. The van der Waals surface area contributed by atoms with Gasteiger partial charge in [0, 0.05) is 12.1 Å². The fourth-order valence-corrected chi connectivity index (χ4v) is 1.79. The maximum absolute atomic E-state index is 6.01. The Labute approximate surface area is 117 Å². The molecule has 0 saturated heterocycles. The lowest BCUT2D eigenvalue weighted by molar-refractivity contribution is 0.281. The number of aromatic nitrogens is 2. The van der Waals surface area contributed by atoms with Crippen molar-refractivity contribution in [3.05, 3.63) is 36.0 Å². The first-order chi connectivity index (χ1) is 9.72. The predicted octanol–water partition coefficient (Wildman–Crippen LogP) is 1.94. The molecule has 1 aromatic heterocycles. The van der Waals surface area contributed by atoms with Gasteiger partial charge in [-0.15, -0.1) is 0 Å². The van der Waals surface area contributed by atoms with Gasteiger partial charge in [0.25, 0.3) is 0 Å². The van der Waals surface area contributed by atoms with Crippen molar-refractivity contribution in [2.24, 2.45) is 5.73 Å². The molecular weight excluding hydrogens is 258 g/mol. The van der Waals surface area contributed by atoms with Crippen molar-refractivity contribution in [1.29, 1.82) is 0 Å². The second kappa shape index (κ2) is 6.91. The number of rotatable bonds is 7. The summed E-state index contributed by atoms with van der Waals surface area (Å²) in [4.78, 5) is 3.92. The standard InChI is InChI=1S/C14H19N3O3/c1-3-11(15)6-10-4-5-12(18-2)7-13(10)19-8-14-16-9-20-17-14/h4-5,7,9,11H,3,6,8,15H2,1-2H3. The minimum absolute atomic E-state index is 0.107. The van der Waals surface area contributed by atoms with Crippen LogP contribution in [0, 0.1) is 0 Å². The largest absolute Gasteiger partial charge is 0.497 e. The lowest BCUT2D eigenvalue weighted by Gasteiger charge is -2.14. The van der Waals surface area contributed by atoms with Gasteiger partial charge in [0.1, 0.15) is 11.5 Å². The first-order valence-electron chi connectivity index (χ1n) is 6.53. The molecule has 0 amide bonds. The number of methoxy groups -OCH3 is 1. The molecule has 0 aliphatic heterocycles. The first-order valence-corrected chi connectivity index (χ1v) is 6.53. The summed E-state index contributed by atoms with van der Waals surface area (Å²) >= 11 is 0. The van der Waals surface area contributed by atoms with Crippen molar-refractivity contribution in [1.82, 2.24) is 10.1 Å². The summed E-state index contributed by atoms with van der Waals surface area (Å²) in [6, 6.07) is 5.83. The number of hydrogen-bond donors (Lipinski definition) is 1. The summed E-state index contributed by atoms with van der Waals surface area (Å²) in [5, 5.41) is 3.71. The molecule has 0 radical (unpaired) electrons. The number of nitrogens with two attached hydrogens (primary N) is 1. The molecule has 0 spiro atoms. The highest BCUT2D eigenvalue weighted by atomic mass is 16.5. The molecule has 2 rings (SSSR count). The molecule has 0 bridgehead atoms. The first kappa shape index (κ1) is 14.3. The smallest absolute Gasteiger partial charge is 0.213 e. The van der Waals surface area contributed by atoms with Crippen LogP contribution in [-0.4, -0.2) is 23.3 Å². The van der Waals surface area contributed by atoms with Crippen molar-refractivity contribution in [3.63, 3.8) is 0 Å². The third kappa shape index (κ3) is 3.71. The molecule has 1 aromatic carbocycles. The van der Waals surface area contributed by atoms with E-state index >= 15 is 0 Å². The van der Waals surface area contributed by atoms with E-state index in [2.05, 4.69) is 21.6 Å². The Morgan fingerprint density at radius 2 is 2.25 bits per heavy atom. The van der Waals surface area contributed by atoms with E-state index in [-0.39, 0.29) is 12.6 Å². The zero-order valence-electron chi connectivity index (χ0n) is 11.7. The number of ether oxygens (including phenoxy) is 2. The van der Waals surface area contributed by atoms with Crippen molar-refractivity contribution >= 4 is 0 Å². The van der Waals surface area contributed by atoms with Gasteiger partial charge < -0.3 is 19.7 Å². The maximum atomic E-state index is 6.01. The average Bonchev–Trinajstić information content (AvgIpc) is 2.99. The van der Waals surface area contributed by atoms with Crippen molar-refractivity contribution in [2.75, 3.05) is 7.11 Å². The monoisotopic (exact) mass is 277 g/mol. The lowest BCUT2D eigenvalue weighted by atomic mass is 10.0. The molecular formula is C14H19N3O3. The zero-order chi connectivity index (χ0) is 14.4. The third-order valence-electron chi connectivity index (χ3n) is 3.04. The minimum atomic E-state index is 0.107. The van der Waals surface area contributed by atoms with Gasteiger partial charge >= 0.3 is 0 Å². The van der Waals surface area contributed by atoms with Crippen LogP contribution in [-0.2, 0) is 13.0 Å². The Bertz CT molecular complexity index is 528. The van der Waals surface area contributed by atoms with Gasteiger partial charge in [-0.05, 0) is 24.5 Å². The SMILES string of the molecule is CCC(N)Cc1ccc(OC)cc1OCc1ncon1. The van der Waals surface area contributed by atoms with Gasteiger partial charge in [-0.25, -0.2) is 0 Å². The number of hydrogen-bond acceptors (Lipinski definition) is 6. The molecule has 2 N–H and O–H groups in total. The normalized spacial score (nSPS) is 12.2. The van der Waals surface area contributed by atoms with E-state index in [1.54, 1.807) is 7.11 Å². The second-order valence-corrected chi connectivity index (χ2v) is 4.48. The van der Waals surface area contributed by atoms with E-state index in [0.717, 1.165) is 29.9 Å². The molecule has 1 unspecified atom stereocenters. The summed E-state index contributed by atoms with van der Waals surface area (Å²) in [6.07, 6.45) is 2.94. The van der Waals surface area contributed by atoms with E-state index in [9.17, 15) is 0 Å². The number of nitrogens with zero attached hydrogens (tertiary/aromatic N) is 2. The van der Waals surface area contributed by atoms with Crippen LogP contribution in [0.2, 0.25) is 0 Å². The molecule has 1 atom stereocenters. The van der Waals surface area contributed by atoms with Gasteiger partial charge in [0.2, 0.25) is 12.2 Å². The van der Waals surface area contributed by atoms with E-state index in [0.29, 0.717) is 5.82 Å². The van der Waals surface area contributed by atoms with Crippen LogP contribution >= 0.6 is 0 Å². The molecule has 0 fully saturated rings. The maximum Gasteiger partial charge on any atom is 0.213 e. The van der Waals surface area contributed by atoms with Crippen molar-refractivity contribution < 1.29 is 14.0 Å². The third-order valence-corrected chi connectivity index (χ3v) is 3.04. The molecule has 6 heteroatoms. The summed E-state index contributed by atoms with van der Waals surface area (Å²) in [7, 11) is 1.62. The topological polar surface area (TPSA) is 83.4 Å². The van der Waals surface area contributed by atoms with E-state index in [4.69, 9.17) is 15.2 Å². The average molecular weight is 277 g/mol. The van der Waals surface area contributed by atoms with Gasteiger partial charge in [0.05, 0.1) is 7.11 Å². The molecule has 108 valence electrons. The quantitative estimate of drug-likeness (QED) is 0.832. The van der Waals surface area contributed by atoms with Crippen LogP contribution in [0.4, 0.5) is 0 Å². The summed E-state index contributed by atoms with van der Waals surface area (Å²) < 4.78 is 15.6. The molecule has 20 heavy (non-hydrogen) atoms. The van der Waals surface area contributed by atoms with Crippen LogP contribution in [0.5, 0.6) is 11.5 Å². The highest BCUT2D eigenvalue weighted by Gasteiger charge is 2.10. The van der Waals surface area contributed by atoms with Crippen LogP contribution in [0.3, 0.4) is 0 Å². The molecule has 0 aliphatic rings. The fourth-order valence-electron chi connectivity index (χ4n) is 1.79. The fraction of sp³-hybridized carbons (Fsp3) is 0.429. The van der Waals surface area contributed by atoms with Gasteiger partial charge in [-0.2, -0.15) is 4.98 Å². The Hall–Kier alpha value is -2.08. The van der Waals surface area contributed by atoms with Crippen molar-refractivity contribution in [2.45, 2.75) is 32.4 Å². The Kier molecular flexibility index (Phi) is 4.95. The number of benzene rings is 1. The molecule has 6 nitrogen and oxygen atoms in total. The van der Waals surface area contributed by atoms with Crippen LogP contribution in [0.1, 0.15) is 24.7 Å². The van der Waals surface area contributed by atoms with Crippen molar-refractivity contribution in [3.8, 4) is 11.5 Å². The van der Waals surface area contributed by atoms with E-state index in [1.165, 1.54) is 6.39 Å². The van der Waals surface area contributed by atoms with Gasteiger partial charge in [-0.3, -0.25) is 0 Å². The summed E-state index contributed by atoms with van der Waals surface area (Å²) in [5.41, 5.74) is 7.05. The molecule has 0 aliphatic carbocycles. The van der Waals surface area contributed by atoms with Crippen LogP contribution in [0.15, 0.2) is 29.1 Å². The van der Waals surface area contributed by atoms with Crippen LogP contribution < -0.4 is 15.2 Å². The Morgan fingerprint density at radius 3 is 2.90 bits per heavy atom. The second-order valence-electron chi connectivity index (χ2n) is 4.48. The highest BCUT2D eigenvalue weighted by molar-refractivity contribution is 5.41. The highest BCUT2D eigenvalue weighted by Crippen LogP contribution is 2.26. The molecule has 2 aromatic rings. The lowest BCUT2D eigenvalue weighted by Crippen LogP contribution is -2.21. The Balaban J connectivity index is 2.13. The zero-order valence-corrected chi connectivity index (χ0v) is 11.7. The van der Waals surface area contributed by atoms with Gasteiger partial charge in [0.15, 0.2) is 6.61 Å². The molecule has 1 heterocycles. The summed E-state index contributed by atoms with van der Waals surface area (Å²) in [5.74, 6) is 1.97. The minimum Gasteiger partial charge on any atom is -0.497 e. The van der Waals surface area contributed by atoms with Gasteiger partial charge in [-0.1, -0.05) is 18.1 Å².